The molecule has 1 unspecified atom stereocenters. The molecule has 2 aromatic rings. The lowest BCUT2D eigenvalue weighted by Crippen LogP contribution is -2.19. The van der Waals surface area contributed by atoms with Gasteiger partial charge >= 0.3 is 0 Å². The summed E-state index contributed by atoms with van der Waals surface area (Å²) in [6.45, 7) is 4.25. The number of aryl methyl sites for hydroxylation is 1. The molecule has 0 fully saturated rings. The van der Waals surface area contributed by atoms with Crippen molar-refractivity contribution in [1.29, 1.82) is 5.26 Å². The Morgan fingerprint density at radius 3 is 2.90 bits per heavy atom. The number of rotatable bonds is 5. The molecule has 108 valence electrons. The van der Waals surface area contributed by atoms with Crippen LogP contribution >= 0.6 is 0 Å². The van der Waals surface area contributed by atoms with Crippen LogP contribution in [0, 0.1) is 18.3 Å². The Bertz CT molecular complexity index is 662. The molecule has 0 aromatic carbocycles. The van der Waals surface area contributed by atoms with Crippen LogP contribution in [0.15, 0.2) is 30.5 Å². The van der Waals surface area contributed by atoms with E-state index in [1.807, 2.05) is 38.1 Å². The molecule has 0 aliphatic heterocycles. The summed E-state index contributed by atoms with van der Waals surface area (Å²) in [5.74, 6) is 0.730. The van der Waals surface area contributed by atoms with Crippen LogP contribution < -0.4 is 10.5 Å². The smallest absolute Gasteiger partial charge is 0.141 e. The van der Waals surface area contributed by atoms with Crippen LogP contribution in [-0.2, 0) is 13.0 Å². The first-order valence-corrected chi connectivity index (χ1v) is 6.78. The predicted octanol–water partition coefficient (Wildman–Crippen LogP) is 2.13. The molecule has 21 heavy (non-hydrogen) atoms. The summed E-state index contributed by atoms with van der Waals surface area (Å²) in [5.41, 5.74) is 8.93. The SMILES string of the molecule is Cc1ccc(OCc2ccnc(C#N)c2)c(CC(C)N)n1. The molecule has 0 aliphatic carbocycles. The van der Waals surface area contributed by atoms with Crippen molar-refractivity contribution in [1.82, 2.24) is 9.97 Å². The van der Waals surface area contributed by atoms with E-state index in [2.05, 4.69) is 9.97 Å². The van der Waals surface area contributed by atoms with Gasteiger partial charge in [0.15, 0.2) is 0 Å². The Kier molecular flexibility index (Phi) is 4.85. The zero-order chi connectivity index (χ0) is 15.2. The normalized spacial score (nSPS) is 11.7. The highest BCUT2D eigenvalue weighted by Crippen LogP contribution is 2.20. The molecule has 0 bridgehead atoms. The van der Waals surface area contributed by atoms with E-state index in [-0.39, 0.29) is 6.04 Å². The minimum Gasteiger partial charge on any atom is -0.487 e. The molecule has 0 amide bonds. The molecule has 5 heteroatoms. The molecule has 1 atom stereocenters. The summed E-state index contributed by atoms with van der Waals surface area (Å²) < 4.78 is 5.82. The molecule has 2 rings (SSSR count). The first-order chi connectivity index (χ1) is 10.1. The van der Waals surface area contributed by atoms with Crippen molar-refractivity contribution in [3.8, 4) is 11.8 Å². The lowest BCUT2D eigenvalue weighted by atomic mass is 10.1. The summed E-state index contributed by atoms with van der Waals surface area (Å²) in [6, 6.07) is 9.40. The maximum absolute atomic E-state index is 8.84. The lowest BCUT2D eigenvalue weighted by molar-refractivity contribution is 0.300. The van der Waals surface area contributed by atoms with Gasteiger partial charge in [0.25, 0.3) is 0 Å². The van der Waals surface area contributed by atoms with E-state index in [1.54, 1.807) is 12.3 Å². The Hall–Kier alpha value is -2.45. The monoisotopic (exact) mass is 282 g/mol. The first-order valence-electron chi connectivity index (χ1n) is 6.78. The molecule has 0 saturated heterocycles. The number of aromatic nitrogens is 2. The second-order valence-corrected chi connectivity index (χ2v) is 5.03. The number of hydrogen-bond donors (Lipinski definition) is 1. The van der Waals surface area contributed by atoms with Gasteiger partial charge < -0.3 is 10.5 Å². The molecule has 2 aromatic heterocycles. The largest absolute Gasteiger partial charge is 0.487 e. The van der Waals surface area contributed by atoms with Crippen LogP contribution in [0.4, 0.5) is 0 Å². The summed E-state index contributed by atoms with van der Waals surface area (Å²) in [5, 5.41) is 8.84. The van der Waals surface area contributed by atoms with Crippen molar-refractivity contribution in [3.05, 3.63) is 53.1 Å². The van der Waals surface area contributed by atoms with Gasteiger partial charge in [-0.15, -0.1) is 0 Å². The Morgan fingerprint density at radius 2 is 2.19 bits per heavy atom. The number of hydrogen-bond acceptors (Lipinski definition) is 5. The molecule has 2 N–H and O–H groups in total. The molecule has 0 aliphatic rings. The highest BCUT2D eigenvalue weighted by atomic mass is 16.5. The van der Waals surface area contributed by atoms with E-state index in [4.69, 9.17) is 15.7 Å². The van der Waals surface area contributed by atoms with E-state index >= 15 is 0 Å². The Balaban J connectivity index is 2.14. The van der Waals surface area contributed by atoms with E-state index in [0.717, 1.165) is 22.7 Å². The van der Waals surface area contributed by atoms with Gasteiger partial charge in [-0.2, -0.15) is 5.26 Å². The number of pyridine rings is 2. The highest BCUT2D eigenvalue weighted by molar-refractivity contribution is 5.31. The molecule has 0 radical (unpaired) electrons. The van der Waals surface area contributed by atoms with Crippen molar-refractivity contribution in [2.45, 2.75) is 32.9 Å². The molecule has 0 saturated carbocycles. The average molecular weight is 282 g/mol. The van der Waals surface area contributed by atoms with E-state index in [1.165, 1.54) is 0 Å². The molecule has 2 heterocycles. The topological polar surface area (TPSA) is 84.8 Å². The van der Waals surface area contributed by atoms with Gasteiger partial charge in [0.2, 0.25) is 0 Å². The van der Waals surface area contributed by atoms with Crippen molar-refractivity contribution in [2.75, 3.05) is 0 Å². The fraction of sp³-hybridized carbons (Fsp3) is 0.312. The number of nitrogens with zero attached hydrogens (tertiary/aromatic N) is 3. The summed E-state index contributed by atoms with van der Waals surface area (Å²) in [7, 11) is 0. The zero-order valence-corrected chi connectivity index (χ0v) is 12.2. The second-order valence-electron chi connectivity index (χ2n) is 5.03. The third-order valence-corrected chi connectivity index (χ3v) is 2.92. The van der Waals surface area contributed by atoms with Gasteiger partial charge in [0, 0.05) is 24.4 Å². The van der Waals surface area contributed by atoms with Gasteiger partial charge in [-0.25, -0.2) is 4.98 Å². The number of nitriles is 1. The van der Waals surface area contributed by atoms with Crippen LogP contribution in [0.1, 0.15) is 29.6 Å². The van der Waals surface area contributed by atoms with Crippen molar-refractivity contribution in [2.24, 2.45) is 5.73 Å². The van der Waals surface area contributed by atoms with Crippen LogP contribution in [0.25, 0.3) is 0 Å². The fourth-order valence-corrected chi connectivity index (χ4v) is 1.97. The van der Waals surface area contributed by atoms with Crippen molar-refractivity contribution < 1.29 is 4.74 Å². The van der Waals surface area contributed by atoms with Gasteiger partial charge in [-0.1, -0.05) is 0 Å². The zero-order valence-electron chi connectivity index (χ0n) is 12.2. The Morgan fingerprint density at radius 1 is 1.38 bits per heavy atom. The van der Waals surface area contributed by atoms with Crippen LogP contribution in [0.2, 0.25) is 0 Å². The lowest BCUT2D eigenvalue weighted by Gasteiger charge is -2.13. The molecular formula is C16H18N4O. The summed E-state index contributed by atoms with van der Waals surface area (Å²) >= 11 is 0. The first kappa shape index (κ1) is 14.9. The van der Waals surface area contributed by atoms with Crippen LogP contribution in [-0.4, -0.2) is 16.0 Å². The Labute approximate surface area is 124 Å². The average Bonchev–Trinajstić information content (AvgIpc) is 2.46. The molecule has 5 nitrogen and oxygen atoms in total. The predicted molar refractivity (Wildman–Crippen MR) is 79.6 cm³/mol. The molecule has 0 spiro atoms. The van der Waals surface area contributed by atoms with Crippen LogP contribution in [0.3, 0.4) is 0 Å². The minimum absolute atomic E-state index is 0.0211. The van der Waals surface area contributed by atoms with Gasteiger partial charge in [-0.05, 0) is 43.7 Å². The summed E-state index contributed by atoms with van der Waals surface area (Å²) in [4.78, 5) is 8.43. The second kappa shape index (κ2) is 6.82. The maximum atomic E-state index is 8.84. The summed E-state index contributed by atoms with van der Waals surface area (Å²) in [6.07, 6.45) is 2.27. The molecular weight excluding hydrogens is 264 g/mol. The highest BCUT2D eigenvalue weighted by Gasteiger charge is 2.09. The standard InChI is InChI=1S/C16H18N4O/c1-11(18)7-15-16(4-3-12(2)20-15)21-10-13-5-6-19-14(8-13)9-17/h3-6,8,11H,7,10,18H2,1-2H3. The maximum Gasteiger partial charge on any atom is 0.141 e. The van der Waals surface area contributed by atoms with Crippen molar-refractivity contribution >= 4 is 0 Å². The van der Waals surface area contributed by atoms with E-state index < -0.39 is 0 Å². The third kappa shape index (κ3) is 4.26. The third-order valence-electron chi connectivity index (χ3n) is 2.92. The van der Waals surface area contributed by atoms with E-state index in [0.29, 0.717) is 18.7 Å². The van der Waals surface area contributed by atoms with Crippen LogP contribution in [0.5, 0.6) is 5.75 Å². The van der Waals surface area contributed by atoms with Gasteiger partial charge in [0.1, 0.15) is 24.1 Å². The number of ether oxygens (including phenoxy) is 1. The minimum atomic E-state index is 0.0211. The van der Waals surface area contributed by atoms with Crippen molar-refractivity contribution in [3.63, 3.8) is 0 Å². The van der Waals surface area contributed by atoms with E-state index in [9.17, 15) is 0 Å². The quantitative estimate of drug-likeness (QED) is 0.908. The van der Waals surface area contributed by atoms with Gasteiger partial charge in [0.05, 0.1) is 5.69 Å². The number of nitrogens with two attached hydrogens (primary N) is 1. The fourth-order valence-electron chi connectivity index (χ4n) is 1.97. The van der Waals surface area contributed by atoms with Gasteiger partial charge in [-0.3, -0.25) is 4.98 Å².